The molecule has 0 saturated carbocycles. The summed E-state index contributed by atoms with van der Waals surface area (Å²) >= 11 is 0. The second-order valence-corrected chi connectivity index (χ2v) is 24.4. The van der Waals surface area contributed by atoms with Crippen LogP contribution in [0.1, 0.15) is 145 Å². The topological polar surface area (TPSA) is 462 Å². The number of amides is 9. The Morgan fingerprint density at radius 2 is 0.680 bits per heavy atom. The van der Waals surface area contributed by atoms with E-state index < -0.39 is 29.1 Å². The molecule has 0 aliphatic heterocycles. The molecule has 0 aromatic heterocycles. The smallest absolute Gasteiger partial charge is 0.246 e. The lowest BCUT2D eigenvalue weighted by Crippen LogP contribution is -2.57. The summed E-state index contributed by atoms with van der Waals surface area (Å²) < 4.78 is 48.8. The highest BCUT2D eigenvalue weighted by Gasteiger charge is 2.28. The van der Waals surface area contributed by atoms with Crippen LogP contribution >= 0.6 is 0 Å². The molecule has 33 nitrogen and oxygen atoms in total. The molecule has 0 spiro atoms. The van der Waals surface area contributed by atoms with Crippen molar-refractivity contribution in [3.8, 4) is 0 Å². The molecule has 15 N–H and O–H groups in total. The number of carbonyl (C=O) groups excluding carboxylic acids is 9. The number of hydrogen-bond acceptors (Lipinski definition) is 24. The van der Waals surface area contributed by atoms with Crippen LogP contribution in [0.3, 0.4) is 0 Å². The van der Waals surface area contributed by atoms with E-state index in [1.807, 2.05) is 27.7 Å². The van der Waals surface area contributed by atoms with Gasteiger partial charge in [-0.15, -0.1) is 0 Å². The highest BCUT2D eigenvalue weighted by atomic mass is 16.6. The van der Waals surface area contributed by atoms with Crippen LogP contribution in [-0.2, 0) is 85.8 Å². The molecule has 3 atom stereocenters. The van der Waals surface area contributed by atoms with Gasteiger partial charge in [0.2, 0.25) is 53.2 Å². The van der Waals surface area contributed by atoms with Crippen molar-refractivity contribution in [3.63, 3.8) is 0 Å². The first-order valence-electron chi connectivity index (χ1n) is 33.9. The van der Waals surface area contributed by atoms with Crippen molar-refractivity contribution in [1.82, 2.24) is 47.9 Å². The first kappa shape index (κ1) is 90.7. The van der Waals surface area contributed by atoms with Gasteiger partial charge in [0.1, 0.15) is 32.5 Å². The lowest BCUT2D eigenvalue weighted by Gasteiger charge is -2.32. The van der Waals surface area contributed by atoms with E-state index in [9.17, 15) is 53.6 Å². The highest BCUT2D eigenvalue weighted by molar-refractivity contribution is 5.91. The first-order valence-corrected chi connectivity index (χ1v) is 33.9. The SMILES string of the molecule is C/C(=N/O)C(C)(C)NCC(CNC(C)(C)/C(C)=N\O)NC(=O)CCCC(=O)N[C@@H](CCCCNC(=O)COCCOCCOCC(=O)NCCCOCCOCCOCCCNC(=O)COCCOCCOCC(=O)NCCCC[C@H](C)C(N)=O)C(=O)NCCCC[C@H](C)C(N)=O. The second-order valence-electron chi connectivity index (χ2n) is 24.4. The Balaban J connectivity index is 4.18. The van der Waals surface area contributed by atoms with E-state index in [0.29, 0.717) is 135 Å². The molecule has 562 valence electrons. The van der Waals surface area contributed by atoms with Gasteiger partial charge in [0.25, 0.3) is 0 Å². The fourth-order valence-electron chi connectivity index (χ4n) is 8.27. The molecule has 97 heavy (non-hydrogen) atoms. The third-order valence-corrected chi connectivity index (χ3v) is 15.2. The maximum absolute atomic E-state index is 13.3. The Morgan fingerprint density at radius 3 is 1.02 bits per heavy atom. The van der Waals surface area contributed by atoms with Gasteiger partial charge in [-0.25, -0.2) is 0 Å². The largest absolute Gasteiger partial charge is 0.411 e. The zero-order valence-electron chi connectivity index (χ0n) is 59.2. The molecular weight excluding hydrogens is 1270 g/mol. The average molecular weight is 1390 g/mol. The number of rotatable bonds is 66. The summed E-state index contributed by atoms with van der Waals surface area (Å²) in [5.41, 5.74) is 10.1. The monoisotopic (exact) mass is 1390 g/mol. The van der Waals surface area contributed by atoms with Crippen LogP contribution < -0.4 is 59.3 Å². The zero-order chi connectivity index (χ0) is 72.4. The summed E-state index contributed by atoms with van der Waals surface area (Å²) in [5, 5.41) is 51.6. The normalized spacial score (nSPS) is 13.2. The number of unbranched alkanes of at least 4 members (excludes halogenated alkanes) is 3. The Bertz CT molecular complexity index is 2220. The van der Waals surface area contributed by atoms with Crippen LogP contribution in [0.5, 0.6) is 0 Å². The van der Waals surface area contributed by atoms with Gasteiger partial charge >= 0.3 is 0 Å². The van der Waals surface area contributed by atoms with E-state index in [2.05, 4.69) is 58.2 Å². The maximum Gasteiger partial charge on any atom is 0.246 e. The van der Waals surface area contributed by atoms with E-state index in [4.69, 9.17) is 54.1 Å². The minimum absolute atomic E-state index is 0.0199. The van der Waals surface area contributed by atoms with Crippen molar-refractivity contribution >= 4 is 64.6 Å². The minimum atomic E-state index is -0.874. The maximum atomic E-state index is 13.3. The van der Waals surface area contributed by atoms with E-state index in [-0.39, 0.29) is 177 Å². The average Bonchev–Trinajstić information content (AvgIpc) is 3.18. The van der Waals surface area contributed by atoms with Crippen LogP contribution in [0.15, 0.2) is 10.3 Å². The number of nitrogens with one attached hydrogen (secondary N) is 9. The predicted molar refractivity (Wildman–Crippen MR) is 362 cm³/mol. The van der Waals surface area contributed by atoms with Crippen molar-refractivity contribution in [2.75, 3.05) is 165 Å². The van der Waals surface area contributed by atoms with Crippen molar-refractivity contribution in [2.24, 2.45) is 33.6 Å². The molecule has 0 saturated heterocycles. The summed E-state index contributed by atoms with van der Waals surface area (Å²) in [4.78, 5) is 111. The lowest BCUT2D eigenvalue weighted by molar-refractivity contribution is -0.129. The van der Waals surface area contributed by atoms with Gasteiger partial charge in [0.15, 0.2) is 0 Å². The van der Waals surface area contributed by atoms with Gasteiger partial charge in [0.05, 0.1) is 108 Å². The van der Waals surface area contributed by atoms with Gasteiger partial charge in [-0.05, 0) is 106 Å². The number of primary amides is 2. The third-order valence-electron chi connectivity index (χ3n) is 15.2. The van der Waals surface area contributed by atoms with Crippen molar-refractivity contribution in [3.05, 3.63) is 0 Å². The Hall–Kier alpha value is -6.27. The fourth-order valence-corrected chi connectivity index (χ4v) is 8.27. The predicted octanol–water partition coefficient (Wildman–Crippen LogP) is -0.173. The van der Waals surface area contributed by atoms with E-state index in [0.717, 1.165) is 12.8 Å². The number of oxime groups is 2. The minimum Gasteiger partial charge on any atom is -0.411 e. The van der Waals surface area contributed by atoms with Gasteiger partial charge in [-0.1, -0.05) is 37.0 Å². The number of hydrogen-bond donors (Lipinski definition) is 13. The first-order chi connectivity index (χ1) is 46.3. The molecule has 0 radical (unpaired) electrons. The van der Waals surface area contributed by atoms with Gasteiger partial charge in [-0.2, -0.15) is 0 Å². The Labute approximate surface area is 573 Å². The molecule has 0 aromatic rings. The molecule has 33 heteroatoms. The molecule has 9 amide bonds. The molecule has 0 heterocycles. The van der Waals surface area contributed by atoms with E-state index in [1.54, 1.807) is 27.7 Å². The molecule has 0 aromatic carbocycles. The van der Waals surface area contributed by atoms with Crippen molar-refractivity contribution in [1.29, 1.82) is 0 Å². The Morgan fingerprint density at radius 1 is 0.381 bits per heavy atom. The Kier molecular flexibility index (Phi) is 54.9. The molecular formula is C64H121N13O20. The summed E-state index contributed by atoms with van der Waals surface area (Å²) in [6.45, 7) is 20.5. The van der Waals surface area contributed by atoms with Gasteiger partial charge in [0, 0.05) is 83.7 Å². The summed E-state index contributed by atoms with van der Waals surface area (Å²) in [5.74, 6) is -3.35. The zero-order valence-corrected chi connectivity index (χ0v) is 59.2. The lowest BCUT2D eigenvalue weighted by atomic mass is 9.98. The molecule has 0 fully saturated rings. The van der Waals surface area contributed by atoms with E-state index in [1.165, 1.54) is 0 Å². The number of nitrogens with zero attached hydrogens (tertiary/aromatic N) is 2. The van der Waals surface area contributed by atoms with Crippen LogP contribution in [0, 0.1) is 11.8 Å². The van der Waals surface area contributed by atoms with Crippen LogP contribution in [0.4, 0.5) is 0 Å². The number of ether oxygens (including phenoxy) is 9. The van der Waals surface area contributed by atoms with Gasteiger partial charge in [-0.3, -0.25) is 43.2 Å². The quantitative estimate of drug-likeness (QED) is 0.0163. The molecule has 0 aliphatic rings. The van der Waals surface area contributed by atoms with Crippen LogP contribution in [0.2, 0.25) is 0 Å². The highest BCUT2D eigenvalue weighted by Crippen LogP contribution is 2.11. The van der Waals surface area contributed by atoms with E-state index >= 15 is 0 Å². The molecule has 0 aliphatic carbocycles. The summed E-state index contributed by atoms with van der Waals surface area (Å²) in [6.07, 6.45) is 6.77. The fraction of sp³-hybridized carbons (Fsp3) is 0.828. The van der Waals surface area contributed by atoms with Crippen LogP contribution in [-0.4, -0.2) is 263 Å². The van der Waals surface area contributed by atoms with Gasteiger partial charge < -0.3 is 112 Å². The summed E-state index contributed by atoms with van der Waals surface area (Å²) in [6, 6.07) is -1.32. The van der Waals surface area contributed by atoms with Crippen molar-refractivity contribution in [2.45, 2.75) is 168 Å². The summed E-state index contributed by atoms with van der Waals surface area (Å²) in [7, 11) is 0. The molecule has 0 rings (SSSR count). The molecule has 0 unspecified atom stereocenters. The number of carbonyl (C=O) groups is 9. The van der Waals surface area contributed by atoms with Crippen LogP contribution in [0.25, 0.3) is 0 Å². The molecule has 0 bridgehead atoms. The third kappa shape index (κ3) is 53.4. The standard InChI is InChI=1S/C64H121N13O20/c1-48(60(65)84)18-9-12-23-67-56(80)44-94-38-34-92-36-40-96-46-58(82)69-26-16-28-89-30-32-91-33-31-90-29-17-27-70-59(83)47-97-41-37-93-35-39-95-45-57(81)68-24-14-11-20-53(62(86)71-25-13-10-19-49(2)61(66)85)75-55(79)22-15-21-54(78)74-52(42-72-63(5,6)50(3)76-87)43-73-64(7,8)51(4)77-88/h48-49,52-53,72-73,87-88H,9-47H2,1-8H3,(H2,65,84)(H2,66,85)(H,67,80)(H,68,81)(H,69,82)(H,70,83)(H,71,86)(H,74,78)(H,75,79)/b76-50-,77-51-/t48-,49-,53-/m0/s1. The number of nitrogens with two attached hydrogens (primary N) is 2. The van der Waals surface area contributed by atoms with Crippen molar-refractivity contribution < 1.29 is 96.2 Å². The second kappa shape index (κ2) is 58.7.